The van der Waals surface area contributed by atoms with E-state index in [1.165, 1.54) is 23.8 Å². The average molecular weight is 284 g/mol. The van der Waals surface area contributed by atoms with Crippen molar-refractivity contribution < 1.29 is 0 Å². The predicted octanol–water partition coefficient (Wildman–Crippen LogP) is 4.07. The van der Waals surface area contributed by atoms with Crippen LogP contribution in [0.5, 0.6) is 0 Å². The highest BCUT2D eigenvalue weighted by Crippen LogP contribution is 2.34. The largest absolute Gasteiger partial charge is 0.422 e. The molecular weight excluding hydrogens is 254 g/mol. The zero-order chi connectivity index (χ0) is 14.0. The minimum atomic E-state index is -1.37. The van der Waals surface area contributed by atoms with Crippen molar-refractivity contribution in [2.45, 2.75) is 58.5 Å². The number of rotatable bonds is 6. The fourth-order valence-corrected chi connectivity index (χ4v) is 14.2. The minimum absolute atomic E-state index is 1.33. The maximum Gasteiger partial charge on any atom is 0.147 e. The zero-order valence-electron chi connectivity index (χ0n) is 13.1. The number of aromatic nitrogens is 2. The van der Waals surface area contributed by atoms with Gasteiger partial charge in [0.25, 0.3) is 0 Å². The Labute approximate surface area is 114 Å². The first-order valence-corrected chi connectivity index (χ1v) is 13.1. The molecule has 0 fully saturated rings. The minimum Gasteiger partial charge on any atom is -0.422 e. The molecule has 1 aromatic rings. The summed E-state index contributed by atoms with van der Waals surface area (Å²) < 4.78 is 4.77. The molecule has 0 spiro atoms. The summed E-state index contributed by atoms with van der Waals surface area (Å²) in [5, 5.41) is 4.39. The van der Waals surface area contributed by atoms with E-state index >= 15 is 0 Å². The molecule has 0 N–H and O–H groups in total. The van der Waals surface area contributed by atoms with E-state index in [9.17, 15) is 0 Å². The number of anilines is 1. The molecule has 0 unspecified atom stereocenters. The molecule has 0 saturated carbocycles. The monoisotopic (exact) mass is 283 g/mol. The molecule has 18 heavy (non-hydrogen) atoms. The molecule has 1 aromatic heterocycles. The summed E-state index contributed by atoms with van der Waals surface area (Å²) in [6.07, 6.45) is 4.25. The van der Waals surface area contributed by atoms with E-state index in [4.69, 9.17) is 0 Å². The van der Waals surface area contributed by atoms with Gasteiger partial charge in [-0.15, -0.1) is 0 Å². The molecule has 104 valence electrons. The van der Waals surface area contributed by atoms with Gasteiger partial charge in [-0.1, -0.05) is 40.4 Å². The molecule has 0 aromatic carbocycles. The molecule has 3 nitrogen and oxygen atoms in total. The molecule has 1 heterocycles. The van der Waals surface area contributed by atoms with Gasteiger partial charge in [-0.05, 0) is 18.1 Å². The van der Waals surface area contributed by atoms with Gasteiger partial charge in [-0.25, -0.2) is 0 Å². The molecule has 0 radical (unpaired) electrons. The first-order chi connectivity index (χ1) is 8.30. The molecule has 0 amide bonds. The van der Waals surface area contributed by atoms with Crippen molar-refractivity contribution in [2.75, 3.05) is 4.23 Å². The fraction of sp³-hybridized carbons (Fsp3) is 0.769. The lowest BCUT2D eigenvalue weighted by Crippen LogP contribution is -2.63. The average Bonchev–Trinajstić information content (AvgIpc) is 2.70. The van der Waals surface area contributed by atoms with Gasteiger partial charge >= 0.3 is 0 Å². The van der Waals surface area contributed by atoms with Crippen molar-refractivity contribution in [1.29, 1.82) is 0 Å². The third-order valence-electron chi connectivity index (χ3n) is 4.07. The van der Waals surface area contributed by atoms with Crippen molar-refractivity contribution in [2.24, 2.45) is 7.05 Å². The van der Waals surface area contributed by atoms with Crippen LogP contribution in [0.15, 0.2) is 12.4 Å². The highest BCUT2D eigenvalue weighted by atomic mass is 28.4. The number of nitrogens with zero attached hydrogens (tertiary/aromatic N) is 3. The molecule has 0 aliphatic carbocycles. The fourth-order valence-electron chi connectivity index (χ4n) is 3.12. The Hall–Kier alpha value is -0.556. The molecule has 0 saturated heterocycles. The quantitative estimate of drug-likeness (QED) is 0.734. The summed E-state index contributed by atoms with van der Waals surface area (Å²) in [5.74, 6) is 0. The van der Waals surface area contributed by atoms with E-state index in [1.807, 2.05) is 11.7 Å². The van der Waals surface area contributed by atoms with Crippen LogP contribution in [0.4, 0.5) is 5.69 Å². The van der Waals surface area contributed by atoms with Crippen LogP contribution in [0.25, 0.3) is 0 Å². The maximum absolute atomic E-state index is 4.39. The van der Waals surface area contributed by atoms with E-state index in [2.05, 4.69) is 62.1 Å². The Kier molecular flexibility index (Phi) is 4.83. The Morgan fingerprint density at radius 3 is 1.89 bits per heavy atom. The van der Waals surface area contributed by atoms with E-state index in [0.29, 0.717) is 0 Å². The standard InChI is InChI=1S/C13H29N3Si2/c1-8-18(9-2,10-3)16(17(5,6)7)13-11-14-15(4)12-13/h11-12H,8-10H2,1-7H3. The second kappa shape index (κ2) is 5.61. The van der Waals surface area contributed by atoms with Gasteiger partial charge in [0.1, 0.15) is 16.5 Å². The first-order valence-electron chi connectivity index (χ1n) is 7.09. The van der Waals surface area contributed by atoms with Crippen molar-refractivity contribution in [3.05, 3.63) is 12.4 Å². The third-order valence-corrected chi connectivity index (χ3v) is 14.3. The van der Waals surface area contributed by atoms with Gasteiger partial charge in [-0.3, -0.25) is 4.68 Å². The summed E-state index contributed by atoms with van der Waals surface area (Å²) in [6.45, 7) is 14.5. The van der Waals surface area contributed by atoms with Gasteiger partial charge < -0.3 is 4.23 Å². The number of aryl methyl sites for hydroxylation is 1. The van der Waals surface area contributed by atoms with Crippen LogP contribution in [-0.4, -0.2) is 26.3 Å². The maximum atomic E-state index is 4.39. The Morgan fingerprint density at radius 1 is 1.11 bits per heavy atom. The van der Waals surface area contributed by atoms with E-state index in [0.717, 1.165) is 0 Å². The second-order valence-electron chi connectivity index (χ2n) is 6.16. The van der Waals surface area contributed by atoms with Gasteiger partial charge in [0.2, 0.25) is 0 Å². The summed E-state index contributed by atoms with van der Waals surface area (Å²) >= 11 is 0. The topological polar surface area (TPSA) is 21.1 Å². The molecule has 0 bridgehead atoms. The SMILES string of the molecule is CC[Si](CC)(CC)N(c1cnn(C)c1)[Si](C)(C)C. The Morgan fingerprint density at radius 2 is 1.61 bits per heavy atom. The number of hydrogen-bond donors (Lipinski definition) is 0. The second-order valence-corrected chi connectivity index (χ2v) is 16.4. The lowest BCUT2D eigenvalue weighted by atomic mass is 10.6. The van der Waals surface area contributed by atoms with Crippen molar-refractivity contribution in [1.82, 2.24) is 9.78 Å². The lowest BCUT2D eigenvalue weighted by Gasteiger charge is -2.49. The molecule has 0 aliphatic heterocycles. The highest BCUT2D eigenvalue weighted by molar-refractivity contribution is 7.00. The smallest absolute Gasteiger partial charge is 0.147 e. The van der Waals surface area contributed by atoms with Crippen molar-refractivity contribution >= 4 is 22.2 Å². The zero-order valence-corrected chi connectivity index (χ0v) is 15.1. The summed E-state index contributed by atoms with van der Waals surface area (Å²) in [7, 11) is -0.726. The van der Waals surface area contributed by atoms with Crippen molar-refractivity contribution in [3.63, 3.8) is 0 Å². The molecule has 5 heteroatoms. The van der Waals surface area contributed by atoms with Gasteiger partial charge in [0.05, 0.1) is 11.9 Å². The summed E-state index contributed by atoms with van der Waals surface area (Å²) in [4.78, 5) is 0. The van der Waals surface area contributed by atoms with Gasteiger partial charge in [0, 0.05) is 13.2 Å². The van der Waals surface area contributed by atoms with E-state index < -0.39 is 16.5 Å². The van der Waals surface area contributed by atoms with E-state index in [1.54, 1.807) is 0 Å². The van der Waals surface area contributed by atoms with E-state index in [-0.39, 0.29) is 0 Å². The van der Waals surface area contributed by atoms with Gasteiger partial charge in [0.15, 0.2) is 0 Å². The Bertz CT molecular complexity index is 370. The third kappa shape index (κ3) is 2.88. The lowest BCUT2D eigenvalue weighted by molar-refractivity contribution is 0.768. The molecule has 1 rings (SSSR count). The van der Waals surface area contributed by atoms with Crippen LogP contribution in [0.2, 0.25) is 37.8 Å². The van der Waals surface area contributed by atoms with Crippen LogP contribution >= 0.6 is 0 Å². The Balaban J connectivity index is 3.29. The highest BCUT2D eigenvalue weighted by Gasteiger charge is 2.41. The van der Waals surface area contributed by atoms with Crippen LogP contribution in [0.1, 0.15) is 20.8 Å². The molecular formula is C13H29N3Si2. The normalized spacial score (nSPS) is 12.8. The molecule has 0 aliphatic rings. The van der Waals surface area contributed by atoms with Crippen LogP contribution < -0.4 is 4.23 Å². The van der Waals surface area contributed by atoms with Gasteiger partial charge in [-0.2, -0.15) is 5.10 Å². The van der Waals surface area contributed by atoms with Crippen LogP contribution in [-0.2, 0) is 7.05 Å². The predicted molar refractivity (Wildman–Crippen MR) is 86.2 cm³/mol. The van der Waals surface area contributed by atoms with Crippen molar-refractivity contribution in [3.8, 4) is 0 Å². The first kappa shape index (κ1) is 15.5. The summed E-state index contributed by atoms with van der Waals surface area (Å²) in [5.41, 5.74) is 1.36. The molecule has 0 atom stereocenters. The van der Waals surface area contributed by atoms with Crippen LogP contribution in [0.3, 0.4) is 0 Å². The summed E-state index contributed by atoms with van der Waals surface area (Å²) in [6, 6.07) is 4.00. The number of hydrogen-bond acceptors (Lipinski definition) is 2. The van der Waals surface area contributed by atoms with Crippen LogP contribution in [0, 0.1) is 0 Å².